The number of ether oxygens (including phenoxy) is 2. The molecule has 0 amide bonds. The van der Waals surface area contributed by atoms with Gasteiger partial charge >= 0.3 is 0 Å². The first-order valence-electron chi connectivity index (χ1n) is 6.17. The lowest BCUT2D eigenvalue weighted by Gasteiger charge is -2.16. The summed E-state index contributed by atoms with van der Waals surface area (Å²) in [5.41, 5.74) is 0.793. The fourth-order valence-corrected chi connectivity index (χ4v) is 2.47. The number of methoxy groups -OCH3 is 1. The zero-order valence-corrected chi connectivity index (χ0v) is 13.3. The first-order chi connectivity index (χ1) is 10.5. The van der Waals surface area contributed by atoms with Crippen LogP contribution in [0.4, 0.5) is 0 Å². The quantitative estimate of drug-likeness (QED) is 0.805. The smallest absolute Gasteiger partial charge is 0.190 e. The third-order valence-corrected chi connectivity index (χ3v) is 3.75. The summed E-state index contributed by atoms with van der Waals surface area (Å²) in [7, 11) is 1.38. The average Bonchev–Trinajstić information content (AvgIpc) is 2.52. The highest BCUT2D eigenvalue weighted by Crippen LogP contribution is 2.47. The summed E-state index contributed by atoms with van der Waals surface area (Å²) in [6, 6.07) is 11.0. The van der Waals surface area contributed by atoms with E-state index in [9.17, 15) is 5.26 Å². The molecule has 0 fully saturated rings. The summed E-state index contributed by atoms with van der Waals surface area (Å²) >= 11 is 12.4. The van der Waals surface area contributed by atoms with Gasteiger partial charge in [-0.1, -0.05) is 41.4 Å². The molecule has 0 bridgehead atoms. The van der Waals surface area contributed by atoms with Crippen LogP contribution in [0.5, 0.6) is 17.2 Å². The fraction of sp³-hybridized carbons (Fsp3) is 0.125. The molecule has 0 spiro atoms. The highest BCUT2D eigenvalue weighted by molar-refractivity contribution is 6.37. The van der Waals surface area contributed by atoms with Gasteiger partial charge in [0.2, 0.25) is 0 Å². The van der Waals surface area contributed by atoms with Crippen LogP contribution in [0.15, 0.2) is 24.3 Å². The molecule has 6 heteroatoms. The molecule has 0 aliphatic heterocycles. The second-order valence-corrected chi connectivity index (χ2v) is 5.09. The van der Waals surface area contributed by atoms with Crippen molar-refractivity contribution in [1.29, 1.82) is 10.5 Å². The first-order valence-corrected chi connectivity index (χ1v) is 6.93. The lowest BCUT2D eigenvalue weighted by atomic mass is 10.1. The molecule has 0 unspecified atom stereocenters. The fourth-order valence-electron chi connectivity index (χ4n) is 1.91. The Kier molecular flexibility index (Phi) is 4.78. The lowest BCUT2D eigenvalue weighted by molar-refractivity contribution is 0.378. The highest BCUT2D eigenvalue weighted by atomic mass is 35.5. The van der Waals surface area contributed by atoms with Crippen molar-refractivity contribution < 1.29 is 9.47 Å². The maximum atomic E-state index is 9.22. The molecule has 0 heterocycles. The van der Waals surface area contributed by atoms with E-state index in [4.69, 9.17) is 37.9 Å². The third kappa shape index (κ3) is 2.67. The maximum Gasteiger partial charge on any atom is 0.190 e. The predicted octanol–water partition coefficient (Wildman–Crippen LogP) is 4.85. The van der Waals surface area contributed by atoms with Crippen molar-refractivity contribution in [2.75, 3.05) is 7.11 Å². The van der Waals surface area contributed by atoms with Crippen LogP contribution in [0.1, 0.15) is 16.7 Å². The SMILES string of the molecule is COc1c(Cl)c(C#N)c(C#N)c(Cl)c1Oc1ccccc1C. The van der Waals surface area contributed by atoms with Crippen LogP contribution in [0.3, 0.4) is 0 Å². The Morgan fingerprint density at radius 1 is 0.955 bits per heavy atom. The number of nitriles is 2. The molecule has 2 rings (SSSR count). The van der Waals surface area contributed by atoms with Gasteiger partial charge in [0.15, 0.2) is 11.5 Å². The molecule has 22 heavy (non-hydrogen) atoms. The standard InChI is InChI=1S/C16H10Cl2N2O2/c1-9-5-3-4-6-12(9)22-16-14(18)11(8-20)10(7-19)13(17)15(16)21-2/h3-6H,1-2H3. The molecule has 0 radical (unpaired) electrons. The van der Waals surface area contributed by atoms with Crippen LogP contribution in [0.25, 0.3) is 0 Å². The van der Waals surface area contributed by atoms with Crippen LogP contribution >= 0.6 is 23.2 Å². The molecule has 2 aromatic carbocycles. The summed E-state index contributed by atoms with van der Waals surface area (Å²) in [4.78, 5) is 0. The summed E-state index contributed by atoms with van der Waals surface area (Å²) in [6.07, 6.45) is 0. The van der Waals surface area contributed by atoms with Crippen molar-refractivity contribution in [2.24, 2.45) is 0 Å². The Labute approximate surface area is 138 Å². The minimum Gasteiger partial charge on any atom is -0.491 e. The van der Waals surface area contributed by atoms with E-state index in [0.717, 1.165) is 5.56 Å². The molecular formula is C16H10Cl2N2O2. The number of hydrogen-bond acceptors (Lipinski definition) is 4. The van der Waals surface area contributed by atoms with E-state index in [-0.39, 0.29) is 32.7 Å². The van der Waals surface area contributed by atoms with E-state index in [1.54, 1.807) is 12.1 Å². The topological polar surface area (TPSA) is 66.0 Å². The lowest BCUT2D eigenvalue weighted by Crippen LogP contribution is -1.99. The number of hydrogen-bond donors (Lipinski definition) is 0. The Hall–Kier alpha value is -2.40. The van der Waals surface area contributed by atoms with Gasteiger partial charge in [-0.3, -0.25) is 0 Å². The molecule has 4 nitrogen and oxygen atoms in total. The van der Waals surface area contributed by atoms with E-state index in [1.807, 2.05) is 31.2 Å². The molecule has 0 atom stereocenters. The van der Waals surface area contributed by atoms with E-state index in [0.29, 0.717) is 5.75 Å². The van der Waals surface area contributed by atoms with Gasteiger partial charge in [-0.25, -0.2) is 0 Å². The van der Waals surface area contributed by atoms with Gasteiger partial charge < -0.3 is 9.47 Å². The van der Waals surface area contributed by atoms with Crippen LogP contribution in [-0.2, 0) is 0 Å². The Morgan fingerprint density at radius 3 is 2.00 bits per heavy atom. The van der Waals surface area contributed by atoms with Crippen LogP contribution in [0.2, 0.25) is 10.0 Å². The predicted molar refractivity (Wildman–Crippen MR) is 83.7 cm³/mol. The van der Waals surface area contributed by atoms with E-state index in [1.165, 1.54) is 7.11 Å². The van der Waals surface area contributed by atoms with Gasteiger partial charge in [0.25, 0.3) is 0 Å². The van der Waals surface area contributed by atoms with Gasteiger partial charge in [0, 0.05) is 0 Å². The van der Waals surface area contributed by atoms with Crippen molar-refractivity contribution in [3.8, 4) is 29.4 Å². The number of para-hydroxylation sites is 1. The molecular weight excluding hydrogens is 323 g/mol. The minimum absolute atomic E-state index is 0.00506. The van der Waals surface area contributed by atoms with E-state index >= 15 is 0 Å². The van der Waals surface area contributed by atoms with Crippen molar-refractivity contribution in [2.45, 2.75) is 6.92 Å². The van der Waals surface area contributed by atoms with Gasteiger partial charge in [-0.2, -0.15) is 10.5 Å². The van der Waals surface area contributed by atoms with Gasteiger partial charge in [-0.05, 0) is 18.6 Å². The van der Waals surface area contributed by atoms with Crippen molar-refractivity contribution in [3.63, 3.8) is 0 Å². The molecule has 0 saturated heterocycles. The summed E-state index contributed by atoms with van der Waals surface area (Å²) in [5, 5.41) is 18.4. The van der Waals surface area contributed by atoms with Crippen LogP contribution < -0.4 is 9.47 Å². The second kappa shape index (κ2) is 6.58. The van der Waals surface area contributed by atoms with Crippen molar-refractivity contribution >= 4 is 23.2 Å². The Morgan fingerprint density at radius 2 is 1.50 bits per heavy atom. The van der Waals surface area contributed by atoms with Crippen LogP contribution in [0, 0.1) is 29.6 Å². The molecule has 0 saturated carbocycles. The molecule has 110 valence electrons. The van der Waals surface area contributed by atoms with E-state index < -0.39 is 0 Å². The second-order valence-electron chi connectivity index (χ2n) is 4.33. The number of benzene rings is 2. The molecule has 0 aliphatic rings. The molecule has 0 aromatic heterocycles. The van der Waals surface area contributed by atoms with Crippen LogP contribution in [-0.4, -0.2) is 7.11 Å². The highest BCUT2D eigenvalue weighted by Gasteiger charge is 2.25. The molecule has 0 aliphatic carbocycles. The summed E-state index contributed by atoms with van der Waals surface area (Å²) in [6.45, 7) is 1.87. The first kappa shape index (κ1) is 16.0. The monoisotopic (exact) mass is 332 g/mol. The van der Waals surface area contributed by atoms with Gasteiger partial charge in [0.05, 0.1) is 18.2 Å². The summed E-state index contributed by atoms with van der Waals surface area (Å²) in [5.74, 6) is 0.775. The maximum absolute atomic E-state index is 9.22. The number of nitrogens with zero attached hydrogens (tertiary/aromatic N) is 2. The number of halogens is 2. The largest absolute Gasteiger partial charge is 0.491 e. The number of aryl methyl sites for hydroxylation is 1. The van der Waals surface area contributed by atoms with E-state index in [2.05, 4.69) is 0 Å². The van der Waals surface area contributed by atoms with Gasteiger partial charge in [0.1, 0.15) is 27.9 Å². The average molecular weight is 333 g/mol. The van der Waals surface area contributed by atoms with Gasteiger partial charge in [-0.15, -0.1) is 0 Å². The number of rotatable bonds is 3. The van der Waals surface area contributed by atoms with Crippen molar-refractivity contribution in [3.05, 3.63) is 51.0 Å². The zero-order chi connectivity index (χ0) is 16.3. The normalized spacial score (nSPS) is 9.73. The van der Waals surface area contributed by atoms with Crippen molar-refractivity contribution in [1.82, 2.24) is 0 Å². The third-order valence-electron chi connectivity index (χ3n) is 3.03. The molecule has 0 N–H and O–H groups in total. The Balaban J connectivity index is 2.71. The zero-order valence-electron chi connectivity index (χ0n) is 11.8. The minimum atomic E-state index is -0.0430. The molecule has 2 aromatic rings. The summed E-state index contributed by atoms with van der Waals surface area (Å²) < 4.78 is 11.0. The Bertz CT molecular complexity index is 817.